The predicted octanol–water partition coefficient (Wildman–Crippen LogP) is 2.07. The number of sulfonamides is 1. The number of aromatic nitrogens is 2. The van der Waals surface area contributed by atoms with Crippen molar-refractivity contribution in [2.45, 2.75) is 51.0 Å². The van der Waals surface area contributed by atoms with Crippen molar-refractivity contribution in [1.82, 2.24) is 19.4 Å². The number of aryl methyl sites for hydroxylation is 2. The highest BCUT2D eigenvalue weighted by Crippen LogP contribution is 2.21. The molecule has 152 valence electrons. The van der Waals surface area contributed by atoms with E-state index in [1.807, 2.05) is 20.9 Å². The van der Waals surface area contributed by atoms with E-state index in [2.05, 4.69) is 10.4 Å². The lowest BCUT2D eigenvalue weighted by Crippen LogP contribution is -2.35. The molecule has 0 aliphatic carbocycles. The van der Waals surface area contributed by atoms with Crippen LogP contribution in [0, 0.1) is 13.8 Å². The quantitative estimate of drug-likeness (QED) is 0.799. The van der Waals surface area contributed by atoms with Crippen LogP contribution in [0.1, 0.15) is 41.8 Å². The van der Waals surface area contributed by atoms with E-state index < -0.39 is 10.0 Å². The number of nitrogens with one attached hydrogen (secondary N) is 1. The Morgan fingerprint density at radius 1 is 1.11 bits per heavy atom. The molecule has 1 saturated heterocycles. The summed E-state index contributed by atoms with van der Waals surface area (Å²) >= 11 is 0. The number of rotatable bonds is 6. The van der Waals surface area contributed by atoms with Gasteiger partial charge in [0, 0.05) is 37.9 Å². The maximum absolute atomic E-state index is 12.7. The maximum Gasteiger partial charge on any atom is 0.243 e. The van der Waals surface area contributed by atoms with Gasteiger partial charge in [0.25, 0.3) is 0 Å². The molecule has 2 heterocycles. The van der Waals surface area contributed by atoms with Gasteiger partial charge in [0.05, 0.1) is 17.0 Å². The molecule has 7 nitrogen and oxygen atoms in total. The molecule has 1 fully saturated rings. The molecular formula is C20H28N4O3S. The standard InChI is InChI=1S/C20H28N4O3S/c1-15-19(16(2)23(3)22-15)13-20(25)21-14-17-7-9-18(10-8-17)28(26,27)24-11-5-4-6-12-24/h7-10H,4-6,11-14H2,1-3H3,(H,21,25). The summed E-state index contributed by atoms with van der Waals surface area (Å²) in [6, 6.07) is 6.77. The number of hydrogen-bond donors (Lipinski definition) is 1. The second-order valence-electron chi connectivity index (χ2n) is 7.34. The van der Waals surface area contributed by atoms with Crippen LogP contribution in [0.4, 0.5) is 0 Å². The van der Waals surface area contributed by atoms with Gasteiger partial charge in [-0.1, -0.05) is 18.6 Å². The van der Waals surface area contributed by atoms with Crippen LogP contribution in [0.5, 0.6) is 0 Å². The van der Waals surface area contributed by atoms with Crippen molar-refractivity contribution >= 4 is 15.9 Å². The molecule has 0 radical (unpaired) electrons. The van der Waals surface area contributed by atoms with Crippen molar-refractivity contribution in [2.24, 2.45) is 7.05 Å². The molecule has 0 unspecified atom stereocenters. The minimum atomic E-state index is -3.42. The monoisotopic (exact) mass is 404 g/mol. The Balaban J connectivity index is 1.59. The molecule has 1 aliphatic heterocycles. The zero-order chi connectivity index (χ0) is 20.3. The molecule has 0 spiro atoms. The Morgan fingerprint density at radius 2 is 1.75 bits per heavy atom. The Hall–Kier alpha value is -2.19. The van der Waals surface area contributed by atoms with E-state index in [1.54, 1.807) is 33.3 Å². The molecule has 1 aromatic carbocycles. The fourth-order valence-corrected chi connectivity index (χ4v) is 5.05. The summed E-state index contributed by atoms with van der Waals surface area (Å²) in [7, 11) is -1.56. The minimum Gasteiger partial charge on any atom is -0.352 e. The van der Waals surface area contributed by atoms with E-state index in [1.165, 1.54) is 0 Å². The number of carbonyl (C=O) groups excluding carboxylic acids is 1. The van der Waals surface area contributed by atoms with Gasteiger partial charge in [0.15, 0.2) is 0 Å². The van der Waals surface area contributed by atoms with Crippen LogP contribution >= 0.6 is 0 Å². The van der Waals surface area contributed by atoms with Gasteiger partial charge in [0.1, 0.15) is 0 Å². The van der Waals surface area contributed by atoms with Gasteiger partial charge in [-0.15, -0.1) is 0 Å². The van der Waals surface area contributed by atoms with Gasteiger partial charge < -0.3 is 5.32 Å². The van der Waals surface area contributed by atoms with Gasteiger partial charge in [-0.25, -0.2) is 8.42 Å². The van der Waals surface area contributed by atoms with Crippen molar-refractivity contribution in [3.63, 3.8) is 0 Å². The minimum absolute atomic E-state index is 0.0794. The first-order valence-corrected chi connectivity index (χ1v) is 11.1. The van der Waals surface area contributed by atoms with Crippen molar-refractivity contribution < 1.29 is 13.2 Å². The summed E-state index contributed by atoms with van der Waals surface area (Å²) in [4.78, 5) is 12.6. The van der Waals surface area contributed by atoms with Gasteiger partial charge in [0.2, 0.25) is 15.9 Å². The number of hydrogen-bond acceptors (Lipinski definition) is 4. The average Bonchev–Trinajstić information content (AvgIpc) is 2.93. The Morgan fingerprint density at radius 3 is 2.32 bits per heavy atom. The normalized spacial score (nSPS) is 15.5. The smallest absolute Gasteiger partial charge is 0.243 e. The van der Waals surface area contributed by atoms with Crippen LogP contribution in [0.25, 0.3) is 0 Å². The SMILES string of the molecule is Cc1nn(C)c(C)c1CC(=O)NCc1ccc(S(=O)(=O)N2CCCCC2)cc1. The zero-order valence-corrected chi connectivity index (χ0v) is 17.6. The van der Waals surface area contributed by atoms with Crippen LogP contribution in [0.3, 0.4) is 0 Å². The van der Waals surface area contributed by atoms with Crippen LogP contribution in [0.15, 0.2) is 29.2 Å². The van der Waals surface area contributed by atoms with Crippen molar-refractivity contribution in [1.29, 1.82) is 0 Å². The summed E-state index contributed by atoms with van der Waals surface area (Å²) in [6.07, 6.45) is 3.20. The summed E-state index contributed by atoms with van der Waals surface area (Å²) in [5.74, 6) is -0.0794. The summed E-state index contributed by atoms with van der Waals surface area (Å²) in [6.45, 7) is 5.39. The fraction of sp³-hybridized carbons (Fsp3) is 0.500. The van der Waals surface area contributed by atoms with Crippen LogP contribution < -0.4 is 5.32 Å². The fourth-order valence-electron chi connectivity index (χ4n) is 3.53. The van der Waals surface area contributed by atoms with E-state index in [9.17, 15) is 13.2 Å². The molecule has 0 atom stereocenters. The van der Waals surface area contributed by atoms with E-state index in [-0.39, 0.29) is 12.3 Å². The number of piperidine rings is 1. The summed E-state index contributed by atoms with van der Waals surface area (Å²) < 4.78 is 28.7. The first-order valence-electron chi connectivity index (χ1n) is 9.64. The molecule has 1 aliphatic rings. The van der Waals surface area contributed by atoms with Crippen LogP contribution in [0.2, 0.25) is 0 Å². The highest BCUT2D eigenvalue weighted by atomic mass is 32.2. The molecular weight excluding hydrogens is 376 g/mol. The topological polar surface area (TPSA) is 84.3 Å². The van der Waals surface area contributed by atoms with Crippen molar-refractivity contribution in [3.05, 3.63) is 46.8 Å². The zero-order valence-electron chi connectivity index (χ0n) is 16.7. The number of carbonyl (C=O) groups is 1. The largest absolute Gasteiger partial charge is 0.352 e. The first-order chi connectivity index (χ1) is 13.3. The molecule has 1 N–H and O–H groups in total. The highest BCUT2D eigenvalue weighted by Gasteiger charge is 2.25. The van der Waals surface area contributed by atoms with Gasteiger partial charge >= 0.3 is 0 Å². The molecule has 28 heavy (non-hydrogen) atoms. The van der Waals surface area contributed by atoms with Crippen molar-refractivity contribution in [3.8, 4) is 0 Å². The summed E-state index contributed by atoms with van der Waals surface area (Å²) in [5, 5.41) is 7.23. The van der Waals surface area contributed by atoms with Gasteiger partial charge in [-0.2, -0.15) is 9.40 Å². The first kappa shape index (κ1) is 20.5. The van der Waals surface area contributed by atoms with E-state index >= 15 is 0 Å². The maximum atomic E-state index is 12.7. The third-order valence-electron chi connectivity index (χ3n) is 5.36. The number of amides is 1. The third-order valence-corrected chi connectivity index (χ3v) is 7.27. The van der Waals surface area contributed by atoms with Crippen LogP contribution in [-0.2, 0) is 34.8 Å². The second-order valence-corrected chi connectivity index (χ2v) is 9.27. The second kappa shape index (κ2) is 8.45. The summed E-state index contributed by atoms with van der Waals surface area (Å²) in [5.41, 5.74) is 3.66. The van der Waals surface area contributed by atoms with Gasteiger partial charge in [-0.05, 0) is 44.4 Å². The Kier molecular flexibility index (Phi) is 6.20. The Bertz CT molecular complexity index is 943. The molecule has 1 amide bonds. The lowest BCUT2D eigenvalue weighted by atomic mass is 10.1. The highest BCUT2D eigenvalue weighted by molar-refractivity contribution is 7.89. The van der Waals surface area contributed by atoms with Crippen molar-refractivity contribution in [2.75, 3.05) is 13.1 Å². The molecule has 8 heteroatoms. The third kappa shape index (κ3) is 4.44. The predicted molar refractivity (Wildman–Crippen MR) is 107 cm³/mol. The van der Waals surface area contributed by atoms with Gasteiger partial charge in [-0.3, -0.25) is 9.48 Å². The molecule has 0 saturated carbocycles. The number of nitrogens with zero attached hydrogens (tertiary/aromatic N) is 3. The molecule has 0 bridgehead atoms. The van der Waals surface area contributed by atoms with E-state index in [0.717, 1.165) is 41.8 Å². The average molecular weight is 405 g/mol. The van der Waals surface area contributed by atoms with E-state index in [4.69, 9.17) is 0 Å². The molecule has 2 aromatic rings. The molecule has 3 rings (SSSR count). The molecule has 1 aromatic heterocycles. The van der Waals surface area contributed by atoms with Crippen LogP contribution in [-0.4, -0.2) is 41.5 Å². The number of benzene rings is 1. The van der Waals surface area contributed by atoms with E-state index in [0.29, 0.717) is 24.5 Å². The Labute approximate surface area is 166 Å². The lowest BCUT2D eigenvalue weighted by molar-refractivity contribution is -0.120. The lowest BCUT2D eigenvalue weighted by Gasteiger charge is -2.25.